The summed E-state index contributed by atoms with van der Waals surface area (Å²) in [5.74, 6) is 2.52. The van der Waals surface area contributed by atoms with Crippen LogP contribution < -0.4 is 0 Å². The number of para-hydroxylation sites is 1. The van der Waals surface area contributed by atoms with E-state index in [1.165, 1.54) is 37.0 Å². The fourth-order valence-electron chi connectivity index (χ4n) is 4.00. The molecule has 154 valence electrons. The van der Waals surface area contributed by atoms with Crippen LogP contribution in [0.4, 0.5) is 0 Å². The molecule has 0 saturated heterocycles. The van der Waals surface area contributed by atoms with E-state index in [9.17, 15) is 0 Å². The zero-order valence-corrected chi connectivity index (χ0v) is 18.2. The van der Waals surface area contributed by atoms with Crippen LogP contribution in [0, 0.1) is 0 Å². The summed E-state index contributed by atoms with van der Waals surface area (Å²) in [6.45, 7) is 0. The van der Waals surface area contributed by atoms with E-state index in [4.69, 9.17) is 0 Å². The van der Waals surface area contributed by atoms with Crippen molar-refractivity contribution in [3.63, 3.8) is 0 Å². The molecule has 1 aromatic carbocycles. The van der Waals surface area contributed by atoms with Crippen LogP contribution in [-0.4, -0.2) is 35.0 Å². The maximum absolute atomic E-state index is 4.59. The van der Waals surface area contributed by atoms with Gasteiger partial charge in [0, 0.05) is 17.3 Å². The second-order valence-electron chi connectivity index (χ2n) is 7.45. The van der Waals surface area contributed by atoms with Gasteiger partial charge < -0.3 is 4.57 Å². The second-order valence-corrected chi connectivity index (χ2v) is 9.42. The number of nitrogens with zero attached hydrogens (tertiary/aromatic N) is 7. The Kier molecular flexibility index (Phi) is 5.89. The van der Waals surface area contributed by atoms with Gasteiger partial charge in [-0.25, -0.2) is 0 Å². The average Bonchev–Trinajstić information content (AvgIpc) is 3.55. The topological polar surface area (TPSA) is 74.3 Å². The minimum absolute atomic E-state index is 0.483. The highest BCUT2D eigenvalue weighted by atomic mass is 32.2. The Labute approximate surface area is 183 Å². The van der Waals surface area contributed by atoms with E-state index in [1.807, 2.05) is 30.3 Å². The molecule has 0 N–H and O–H groups in total. The monoisotopic (exact) mass is 437 g/mol. The van der Waals surface area contributed by atoms with Crippen molar-refractivity contribution >= 4 is 23.1 Å². The minimum Gasteiger partial charge on any atom is -0.303 e. The maximum Gasteiger partial charge on any atom is 0.191 e. The summed E-state index contributed by atoms with van der Waals surface area (Å²) in [7, 11) is 0. The van der Waals surface area contributed by atoms with Gasteiger partial charge in [0.25, 0.3) is 0 Å². The lowest BCUT2D eigenvalue weighted by molar-refractivity contribution is 0.330. The Balaban J connectivity index is 1.39. The first-order chi connectivity index (χ1) is 14.9. The predicted molar refractivity (Wildman–Crippen MR) is 118 cm³/mol. The molecule has 7 nitrogen and oxygen atoms in total. The van der Waals surface area contributed by atoms with Gasteiger partial charge in [-0.15, -0.1) is 26.6 Å². The fraction of sp³-hybridized carbons (Fsp3) is 0.381. The molecule has 3 aromatic heterocycles. The third kappa shape index (κ3) is 4.17. The zero-order chi connectivity index (χ0) is 20.2. The molecule has 0 aliphatic heterocycles. The number of rotatable bonds is 7. The van der Waals surface area contributed by atoms with Gasteiger partial charge >= 0.3 is 0 Å². The fourth-order valence-corrected chi connectivity index (χ4v) is 5.63. The van der Waals surface area contributed by atoms with Crippen LogP contribution in [0.5, 0.6) is 0 Å². The third-order valence-corrected chi connectivity index (χ3v) is 7.27. The van der Waals surface area contributed by atoms with Gasteiger partial charge in [-0.05, 0) is 46.8 Å². The molecule has 9 heteroatoms. The molecule has 1 saturated carbocycles. The summed E-state index contributed by atoms with van der Waals surface area (Å²) in [5, 5.41) is 24.5. The molecule has 0 spiro atoms. The van der Waals surface area contributed by atoms with Crippen molar-refractivity contribution in [1.82, 2.24) is 35.0 Å². The number of benzene rings is 1. The molecule has 1 fully saturated rings. The normalized spacial score (nSPS) is 14.9. The van der Waals surface area contributed by atoms with E-state index in [0.29, 0.717) is 11.8 Å². The molecule has 0 amide bonds. The average molecular weight is 438 g/mol. The zero-order valence-electron chi connectivity index (χ0n) is 16.6. The Morgan fingerprint density at radius 2 is 1.80 bits per heavy atom. The van der Waals surface area contributed by atoms with E-state index < -0.39 is 0 Å². The Morgan fingerprint density at radius 3 is 2.60 bits per heavy atom. The van der Waals surface area contributed by atoms with Gasteiger partial charge in [0.15, 0.2) is 11.0 Å². The highest BCUT2D eigenvalue weighted by molar-refractivity contribution is 7.98. The van der Waals surface area contributed by atoms with Crippen molar-refractivity contribution in [3.8, 4) is 5.69 Å². The SMILES string of the molecule is c1ccc(-n2nnnc2CSc2nnc(Cc3cccs3)n2C2CCCCC2)cc1. The highest BCUT2D eigenvalue weighted by Crippen LogP contribution is 2.34. The number of thiophene rings is 1. The number of hydrogen-bond acceptors (Lipinski definition) is 7. The van der Waals surface area contributed by atoms with E-state index in [1.54, 1.807) is 27.8 Å². The smallest absolute Gasteiger partial charge is 0.191 e. The molecule has 0 atom stereocenters. The highest BCUT2D eigenvalue weighted by Gasteiger charge is 2.24. The Bertz CT molecular complexity index is 1070. The summed E-state index contributed by atoms with van der Waals surface area (Å²) in [4.78, 5) is 1.32. The lowest BCUT2D eigenvalue weighted by atomic mass is 9.95. The minimum atomic E-state index is 0.483. The van der Waals surface area contributed by atoms with Crippen molar-refractivity contribution in [1.29, 1.82) is 0 Å². The van der Waals surface area contributed by atoms with E-state index in [0.717, 1.165) is 28.9 Å². The number of hydrogen-bond donors (Lipinski definition) is 0. The van der Waals surface area contributed by atoms with Crippen LogP contribution in [0.3, 0.4) is 0 Å². The van der Waals surface area contributed by atoms with E-state index >= 15 is 0 Å². The van der Waals surface area contributed by atoms with Gasteiger partial charge in [0.1, 0.15) is 5.82 Å². The molecule has 0 radical (unpaired) electrons. The van der Waals surface area contributed by atoms with Crippen LogP contribution in [0.2, 0.25) is 0 Å². The summed E-state index contributed by atoms with van der Waals surface area (Å²) in [5.41, 5.74) is 0.963. The molecule has 0 unspecified atom stereocenters. The quantitative estimate of drug-likeness (QED) is 0.390. The first kappa shape index (κ1) is 19.4. The summed E-state index contributed by atoms with van der Waals surface area (Å²) >= 11 is 3.45. The lowest BCUT2D eigenvalue weighted by Gasteiger charge is -2.25. The van der Waals surface area contributed by atoms with Gasteiger partial charge in [-0.3, -0.25) is 0 Å². The van der Waals surface area contributed by atoms with Crippen LogP contribution in [0.15, 0.2) is 53.0 Å². The molecule has 4 aromatic rings. The van der Waals surface area contributed by atoms with E-state index in [-0.39, 0.29) is 0 Å². The van der Waals surface area contributed by atoms with Crippen LogP contribution in [-0.2, 0) is 12.2 Å². The summed E-state index contributed by atoms with van der Waals surface area (Å²) in [6.07, 6.45) is 7.11. The van der Waals surface area contributed by atoms with Crippen LogP contribution in [0.1, 0.15) is 54.7 Å². The van der Waals surface area contributed by atoms with Gasteiger partial charge in [0.2, 0.25) is 0 Å². The van der Waals surface area contributed by atoms with Crippen LogP contribution >= 0.6 is 23.1 Å². The van der Waals surface area contributed by atoms with Crippen molar-refractivity contribution < 1.29 is 0 Å². The van der Waals surface area contributed by atoms with Gasteiger partial charge in [-0.1, -0.05) is 55.3 Å². The molecule has 0 bridgehead atoms. The third-order valence-electron chi connectivity index (χ3n) is 5.45. The van der Waals surface area contributed by atoms with Crippen molar-refractivity contribution in [2.45, 2.75) is 55.5 Å². The lowest BCUT2D eigenvalue weighted by Crippen LogP contribution is -2.17. The van der Waals surface area contributed by atoms with Crippen LogP contribution in [0.25, 0.3) is 5.69 Å². The summed E-state index contributed by atoms with van der Waals surface area (Å²) in [6, 6.07) is 14.7. The van der Waals surface area contributed by atoms with E-state index in [2.05, 4.69) is 47.8 Å². The number of tetrazole rings is 1. The second kappa shape index (κ2) is 9.09. The Hall–Kier alpha value is -2.52. The molecule has 3 heterocycles. The molecule has 30 heavy (non-hydrogen) atoms. The molecule has 1 aliphatic carbocycles. The molecular formula is C21H23N7S2. The summed E-state index contributed by atoms with van der Waals surface area (Å²) < 4.78 is 4.18. The van der Waals surface area contributed by atoms with Crippen molar-refractivity contribution in [3.05, 3.63) is 64.4 Å². The molecule has 5 rings (SSSR count). The first-order valence-electron chi connectivity index (χ1n) is 10.3. The standard InChI is InChI=1S/C21H23N7S2/c1-3-8-16(9-4-1)27-19(14-18-12-7-13-29-18)22-24-21(27)30-15-20-23-25-26-28(20)17-10-5-2-6-11-17/h2,5-7,10-13,16H,1,3-4,8-9,14-15H2. The molecular weight excluding hydrogens is 414 g/mol. The molecule has 1 aliphatic rings. The van der Waals surface area contributed by atoms with Crippen molar-refractivity contribution in [2.24, 2.45) is 0 Å². The van der Waals surface area contributed by atoms with Gasteiger partial charge in [-0.2, -0.15) is 4.68 Å². The van der Waals surface area contributed by atoms with Crippen molar-refractivity contribution in [2.75, 3.05) is 0 Å². The first-order valence-corrected chi connectivity index (χ1v) is 12.2. The predicted octanol–water partition coefficient (Wildman–Crippen LogP) is 4.70. The van der Waals surface area contributed by atoms with Gasteiger partial charge in [0.05, 0.1) is 11.4 Å². The largest absolute Gasteiger partial charge is 0.303 e. The maximum atomic E-state index is 4.59. The Morgan fingerprint density at radius 1 is 0.933 bits per heavy atom. The number of aromatic nitrogens is 7. The number of thioether (sulfide) groups is 1.